The van der Waals surface area contributed by atoms with E-state index in [0.717, 1.165) is 38.6 Å². The maximum atomic E-state index is 8.88. The lowest BCUT2D eigenvalue weighted by Crippen LogP contribution is -2.00. The highest BCUT2D eigenvalue weighted by atomic mass is 16.3. The summed E-state index contributed by atoms with van der Waals surface area (Å²) in [6.07, 6.45) is 0. The predicted molar refractivity (Wildman–Crippen MR) is 203 cm³/mol. The average molecular weight is 647 g/mol. The number of para-hydroxylation sites is 2. The molecule has 0 N–H and O–H groups in total. The molecule has 5 heteroatoms. The van der Waals surface area contributed by atoms with Crippen LogP contribution in [0.25, 0.3) is 94.7 Å². The van der Waals surface area contributed by atoms with Crippen molar-refractivity contribution >= 4 is 43.7 Å². The van der Waals surface area contributed by atoms with Crippen LogP contribution in [0.2, 0.25) is 0 Å². The Kier molecular flexibility index (Phi) is 5.17. The van der Waals surface area contributed by atoms with Crippen molar-refractivity contribution in [1.82, 2.24) is 19.5 Å². The van der Waals surface area contributed by atoms with E-state index >= 15 is 0 Å². The minimum Gasteiger partial charge on any atom is -0.456 e. The molecule has 7 aromatic carbocycles. The number of hydrogen-bond acceptors (Lipinski definition) is 4. The summed E-state index contributed by atoms with van der Waals surface area (Å²) in [6.45, 7) is 0. The van der Waals surface area contributed by atoms with Crippen LogP contribution >= 0.6 is 0 Å². The topological polar surface area (TPSA) is 56.7 Å². The average Bonchev–Trinajstić information content (AvgIpc) is 3.80. The zero-order valence-electron chi connectivity index (χ0n) is 32.4. The molecular formula is C45H28N4O. The summed E-state index contributed by atoms with van der Waals surface area (Å²) in [5.74, 6) is 1.62. The van der Waals surface area contributed by atoms with Gasteiger partial charge in [-0.3, -0.25) is 0 Å². The Morgan fingerprint density at radius 2 is 1.06 bits per heavy atom. The van der Waals surface area contributed by atoms with Crippen molar-refractivity contribution in [3.05, 3.63) is 170 Å². The first-order valence-electron chi connectivity index (χ1n) is 19.2. The number of benzene rings is 7. The Bertz CT molecular complexity index is 3090. The van der Waals surface area contributed by atoms with Gasteiger partial charge in [0.1, 0.15) is 11.2 Å². The third-order valence-electron chi connectivity index (χ3n) is 9.00. The standard InChI is InChI=1S/C45H28N4O/c1-3-13-29(14-4-1)43-46-44(30-15-5-2-6-16-30)48-45(47-43)36-21-12-24-41-42(36)37-28-32(25-26-40(37)50-41)31-17-11-18-33(27-31)49-38-22-9-7-19-34(38)35-20-8-10-23-39(35)49/h1-28H/i7D,8D,19D,20D,22D,23D. The van der Waals surface area contributed by atoms with Crippen LogP contribution in [-0.2, 0) is 0 Å². The number of aromatic nitrogens is 4. The molecule has 0 fully saturated rings. The van der Waals surface area contributed by atoms with E-state index in [2.05, 4.69) is 6.07 Å². The Morgan fingerprint density at radius 3 is 1.74 bits per heavy atom. The summed E-state index contributed by atoms with van der Waals surface area (Å²) in [6, 6.07) is 41.2. The van der Waals surface area contributed by atoms with Gasteiger partial charge in [0.15, 0.2) is 17.5 Å². The molecule has 5 nitrogen and oxygen atoms in total. The van der Waals surface area contributed by atoms with Crippen molar-refractivity contribution in [2.75, 3.05) is 0 Å². The van der Waals surface area contributed by atoms with Gasteiger partial charge >= 0.3 is 0 Å². The van der Waals surface area contributed by atoms with Crippen LogP contribution in [0.4, 0.5) is 0 Å². The second-order valence-corrected chi connectivity index (χ2v) is 12.0. The number of hydrogen-bond donors (Lipinski definition) is 0. The molecule has 3 heterocycles. The molecule has 3 aromatic heterocycles. The molecule has 0 unspecified atom stereocenters. The maximum absolute atomic E-state index is 8.88. The first-order valence-corrected chi connectivity index (χ1v) is 16.2. The number of nitrogens with zero attached hydrogens (tertiary/aromatic N) is 4. The van der Waals surface area contributed by atoms with E-state index in [0.29, 0.717) is 45.4 Å². The first kappa shape index (κ1) is 22.7. The maximum Gasteiger partial charge on any atom is 0.164 e. The van der Waals surface area contributed by atoms with Crippen molar-refractivity contribution < 1.29 is 12.6 Å². The number of rotatable bonds is 5. The Balaban J connectivity index is 1.17. The lowest BCUT2D eigenvalue weighted by atomic mass is 10.00. The summed E-state index contributed by atoms with van der Waals surface area (Å²) >= 11 is 0. The molecule has 0 saturated carbocycles. The van der Waals surface area contributed by atoms with Crippen LogP contribution in [-0.4, -0.2) is 19.5 Å². The van der Waals surface area contributed by atoms with Gasteiger partial charge in [-0.25, -0.2) is 15.0 Å². The van der Waals surface area contributed by atoms with E-state index in [4.69, 9.17) is 27.6 Å². The van der Waals surface area contributed by atoms with Gasteiger partial charge < -0.3 is 8.98 Å². The lowest BCUT2D eigenvalue weighted by Gasteiger charge is -2.11. The molecule has 0 aliphatic rings. The molecule has 0 aliphatic heterocycles. The fraction of sp³-hybridized carbons (Fsp3) is 0. The summed E-state index contributed by atoms with van der Waals surface area (Å²) in [4.78, 5) is 14.9. The van der Waals surface area contributed by atoms with Crippen molar-refractivity contribution in [1.29, 1.82) is 0 Å². The van der Waals surface area contributed by atoms with Gasteiger partial charge in [0, 0.05) is 43.9 Å². The molecular weight excluding hydrogens is 613 g/mol. The lowest BCUT2D eigenvalue weighted by molar-refractivity contribution is 0.669. The van der Waals surface area contributed by atoms with Crippen LogP contribution in [0.15, 0.2) is 174 Å². The molecule has 0 aliphatic carbocycles. The molecule has 0 bridgehead atoms. The Hall–Kier alpha value is -6.85. The van der Waals surface area contributed by atoms with Gasteiger partial charge in [0.25, 0.3) is 0 Å². The molecule has 0 amide bonds. The van der Waals surface area contributed by atoms with Crippen LogP contribution in [0.1, 0.15) is 8.22 Å². The Morgan fingerprint density at radius 1 is 0.460 bits per heavy atom. The first-order chi connectivity index (χ1) is 27.2. The van der Waals surface area contributed by atoms with Crippen LogP contribution in [0.3, 0.4) is 0 Å². The number of furan rings is 1. The second kappa shape index (κ2) is 11.4. The zero-order chi connectivity index (χ0) is 38.2. The normalized spacial score (nSPS) is 13.3. The summed E-state index contributed by atoms with van der Waals surface area (Å²) in [7, 11) is 0. The second-order valence-electron chi connectivity index (χ2n) is 12.0. The van der Waals surface area contributed by atoms with Gasteiger partial charge in [-0.1, -0.05) is 127 Å². The molecule has 0 spiro atoms. The smallest absolute Gasteiger partial charge is 0.164 e. The fourth-order valence-corrected chi connectivity index (χ4v) is 6.72. The number of fused-ring (bicyclic) bond motifs is 6. The Labute approximate surface area is 296 Å². The van der Waals surface area contributed by atoms with E-state index in [1.807, 2.05) is 115 Å². The van der Waals surface area contributed by atoms with Gasteiger partial charge in [0.05, 0.1) is 19.3 Å². The molecule has 50 heavy (non-hydrogen) atoms. The molecule has 10 aromatic rings. The molecule has 0 saturated heterocycles. The van der Waals surface area contributed by atoms with Crippen LogP contribution in [0.5, 0.6) is 0 Å². The summed E-state index contributed by atoms with van der Waals surface area (Å²) in [5.41, 5.74) is 6.87. The van der Waals surface area contributed by atoms with E-state index in [1.165, 1.54) is 12.1 Å². The highest BCUT2D eigenvalue weighted by molar-refractivity contribution is 6.13. The van der Waals surface area contributed by atoms with E-state index < -0.39 is 0 Å². The zero-order valence-corrected chi connectivity index (χ0v) is 26.4. The van der Waals surface area contributed by atoms with E-state index in [1.54, 1.807) is 4.57 Å². The van der Waals surface area contributed by atoms with Gasteiger partial charge in [-0.15, -0.1) is 0 Å². The summed E-state index contributed by atoms with van der Waals surface area (Å²) < 4.78 is 60.1. The van der Waals surface area contributed by atoms with E-state index in [-0.39, 0.29) is 47.0 Å². The van der Waals surface area contributed by atoms with Crippen molar-refractivity contribution in [3.63, 3.8) is 0 Å². The molecule has 10 rings (SSSR count). The molecule has 0 atom stereocenters. The van der Waals surface area contributed by atoms with Gasteiger partial charge in [0.2, 0.25) is 0 Å². The van der Waals surface area contributed by atoms with E-state index in [9.17, 15) is 0 Å². The minimum atomic E-state index is -0.152. The fourth-order valence-electron chi connectivity index (χ4n) is 6.72. The van der Waals surface area contributed by atoms with Crippen molar-refractivity contribution in [2.24, 2.45) is 0 Å². The van der Waals surface area contributed by atoms with Gasteiger partial charge in [-0.05, 0) is 53.5 Å². The third-order valence-corrected chi connectivity index (χ3v) is 9.00. The molecule has 0 radical (unpaired) electrons. The molecule has 234 valence electrons. The minimum absolute atomic E-state index is 0.00377. The highest BCUT2D eigenvalue weighted by Crippen LogP contribution is 2.39. The largest absolute Gasteiger partial charge is 0.456 e. The van der Waals surface area contributed by atoms with Crippen LogP contribution in [0, 0.1) is 0 Å². The SMILES string of the molecule is [2H]c1cc([2H])c2c(c1[2H])c1c([2H])c([2H])cc([2H])c1n2-c1cccc(-c2ccc3oc4cccc(-c5nc(-c6ccccc6)nc(-c6ccccc6)n5)c4c3c2)c1. The third kappa shape index (κ3) is 4.60. The quantitative estimate of drug-likeness (QED) is 0.187. The highest BCUT2D eigenvalue weighted by Gasteiger charge is 2.19. The van der Waals surface area contributed by atoms with Crippen molar-refractivity contribution in [2.45, 2.75) is 0 Å². The van der Waals surface area contributed by atoms with Crippen molar-refractivity contribution in [3.8, 4) is 51.0 Å². The van der Waals surface area contributed by atoms with Crippen LogP contribution < -0.4 is 0 Å². The summed E-state index contributed by atoms with van der Waals surface area (Å²) in [5, 5.41) is 2.16. The monoisotopic (exact) mass is 646 g/mol. The van der Waals surface area contributed by atoms with Gasteiger partial charge in [-0.2, -0.15) is 0 Å². The predicted octanol–water partition coefficient (Wildman–Crippen LogP) is 11.5.